The van der Waals surface area contributed by atoms with Crippen molar-refractivity contribution in [2.75, 3.05) is 7.11 Å². The van der Waals surface area contributed by atoms with E-state index in [1.807, 2.05) is 0 Å². The summed E-state index contributed by atoms with van der Waals surface area (Å²) in [5, 5.41) is 0. The highest BCUT2D eigenvalue weighted by Gasteiger charge is 2.38. The van der Waals surface area contributed by atoms with E-state index in [0.717, 1.165) is 18.4 Å². The summed E-state index contributed by atoms with van der Waals surface area (Å²) in [5.41, 5.74) is 6.45. The zero-order chi connectivity index (χ0) is 18.0. The van der Waals surface area contributed by atoms with E-state index in [4.69, 9.17) is 10.5 Å². The van der Waals surface area contributed by atoms with Crippen LogP contribution in [0.1, 0.15) is 28.8 Å². The lowest BCUT2D eigenvalue weighted by Crippen LogP contribution is -2.32. The molecular formula is C18H20N2O4S. The summed E-state index contributed by atoms with van der Waals surface area (Å²) in [4.78, 5) is 11.4. The van der Waals surface area contributed by atoms with Crippen molar-refractivity contribution in [2.45, 2.75) is 30.3 Å². The van der Waals surface area contributed by atoms with Crippen molar-refractivity contribution < 1.29 is 17.9 Å². The van der Waals surface area contributed by atoms with Crippen LogP contribution in [-0.2, 0) is 16.6 Å². The van der Waals surface area contributed by atoms with Gasteiger partial charge in [0, 0.05) is 18.2 Å². The molecule has 0 aromatic heterocycles. The molecule has 3 rings (SSSR count). The summed E-state index contributed by atoms with van der Waals surface area (Å²) in [6, 6.07) is 13.1. The van der Waals surface area contributed by atoms with Gasteiger partial charge in [0.05, 0.1) is 12.0 Å². The van der Waals surface area contributed by atoms with E-state index in [9.17, 15) is 13.2 Å². The number of methoxy groups -OCH3 is 1. The Hall–Kier alpha value is -2.38. The number of nitrogens with zero attached hydrogens (tertiary/aromatic N) is 1. The molecule has 1 aliphatic rings. The van der Waals surface area contributed by atoms with Gasteiger partial charge in [0.1, 0.15) is 5.75 Å². The predicted molar refractivity (Wildman–Crippen MR) is 93.7 cm³/mol. The van der Waals surface area contributed by atoms with E-state index < -0.39 is 15.9 Å². The SMILES string of the molecule is COc1ccc(S(=O)(=O)N(Cc2ccc(C(N)=O)cc2)C2CC2)cc1. The van der Waals surface area contributed by atoms with Crippen LogP contribution in [0.15, 0.2) is 53.4 Å². The highest BCUT2D eigenvalue weighted by molar-refractivity contribution is 7.89. The normalized spacial score (nSPS) is 14.5. The number of benzene rings is 2. The fourth-order valence-electron chi connectivity index (χ4n) is 2.61. The average molecular weight is 360 g/mol. The van der Waals surface area contributed by atoms with Crippen LogP contribution < -0.4 is 10.5 Å². The van der Waals surface area contributed by atoms with Gasteiger partial charge in [-0.25, -0.2) is 8.42 Å². The van der Waals surface area contributed by atoms with Crippen molar-refractivity contribution in [2.24, 2.45) is 5.73 Å². The van der Waals surface area contributed by atoms with Crippen molar-refractivity contribution in [1.82, 2.24) is 4.31 Å². The van der Waals surface area contributed by atoms with Gasteiger partial charge in [-0.15, -0.1) is 0 Å². The summed E-state index contributed by atoms with van der Waals surface area (Å²) < 4.78 is 32.6. The van der Waals surface area contributed by atoms with Gasteiger partial charge in [0.2, 0.25) is 15.9 Å². The number of nitrogens with two attached hydrogens (primary N) is 1. The van der Waals surface area contributed by atoms with Crippen LogP contribution in [0.5, 0.6) is 5.75 Å². The van der Waals surface area contributed by atoms with E-state index in [1.54, 1.807) is 48.5 Å². The predicted octanol–water partition coefficient (Wildman–Crippen LogP) is 2.15. The molecule has 2 aromatic rings. The van der Waals surface area contributed by atoms with Gasteiger partial charge in [0.25, 0.3) is 0 Å². The van der Waals surface area contributed by atoms with Crippen LogP contribution >= 0.6 is 0 Å². The average Bonchev–Trinajstić information content (AvgIpc) is 3.44. The van der Waals surface area contributed by atoms with E-state index >= 15 is 0 Å². The molecule has 6 nitrogen and oxygen atoms in total. The molecular weight excluding hydrogens is 340 g/mol. The summed E-state index contributed by atoms with van der Waals surface area (Å²) in [6.45, 7) is 0.262. The standard InChI is InChI=1S/C18H20N2O4S/c1-24-16-8-10-17(11-9-16)25(22,23)20(15-6-7-15)12-13-2-4-14(5-3-13)18(19)21/h2-5,8-11,15H,6-7,12H2,1H3,(H2,19,21). The van der Waals surface area contributed by atoms with Gasteiger partial charge in [0.15, 0.2) is 0 Å². The molecule has 0 radical (unpaired) electrons. The topological polar surface area (TPSA) is 89.7 Å². The minimum absolute atomic E-state index is 0.0166. The third-order valence-electron chi connectivity index (χ3n) is 4.20. The summed E-state index contributed by atoms with van der Waals surface area (Å²) >= 11 is 0. The van der Waals surface area contributed by atoms with Crippen LogP contribution in [0.3, 0.4) is 0 Å². The summed E-state index contributed by atoms with van der Waals surface area (Å²) in [5.74, 6) is 0.107. The van der Waals surface area contributed by atoms with Crippen LogP contribution in [-0.4, -0.2) is 31.8 Å². The largest absolute Gasteiger partial charge is 0.497 e. The van der Waals surface area contributed by atoms with Gasteiger partial charge < -0.3 is 10.5 Å². The van der Waals surface area contributed by atoms with Gasteiger partial charge in [-0.3, -0.25) is 4.79 Å². The van der Waals surface area contributed by atoms with E-state index in [2.05, 4.69) is 0 Å². The first-order valence-electron chi connectivity index (χ1n) is 7.96. The Kier molecular flexibility index (Phi) is 4.78. The molecule has 0 heterocycles. The molecule has 25 heavy (non-hydrogen) atoms. The number of rotatable bonds is 7. The Bertz CT molecular complexity index is 857. The number of hydrogen-bond donors (Lipinski definition) is 1. The summed E-state index contributed by atoms with van der Waals surface area (Å²) in [6.07, 6.45) is 1.71. The molecule has 1 amide bonds. The van der Waals surface area contributed by atoms with Crippen molar-refractivity contribution in [3.8, 4) is 5.75 Å². The Labute approximate surface area is 147 Å². The first-order valence-corrected chi connectivity index (χ1v) is 9.40. The Morgan fingerprint density at radius 3 is 2.20 bits per heavy atom. The lowest BCUT2D eigenvalue weighted by Gasteiger charge is -2.22. The van der Waals surface area contributed by atoms with E-state index in [0.29, 0.717) is 11.3 Å². The monoisotopic (exact) mass is 360 g/mol. The zero-order valence-electron chi connectivity index (χ0n) is 13.9. The van der Waals surface area contributed by atoms with Gasteiger partial charge in [-0.1, -0.05) is 12.1 Å². The first kappa shape index (κ1) is 17.4. The molecule has 0 unspecified atom stereocenters. The maximum atomic E-state index is 13.0. The lowest BCUT2D eigenvalue weighted by atomic mass is 10.1. The molecule has 0 saturated heterocycles. The smallest absolute Gasteiger partial charge is 0.248 e. The first-order chi connectivity index (χ1) is 11.9. The Morgan fingerprint density at radius 2 is 1.72 bits per heavy atom. The number of carbonyl (C=O) groups excluding carboxylic acids is 1. The minimum atomic E-state index is -3.60. The Morgan fingerprint density at radius 1 is 1.12 bits per heavy atom. The fraction of sp³-hybridized carbons (Fsp3) is 0.278. The van der Waals surface area contributed by atoms with Gasteiger partial charge >= 0.3 is 0 Å². The van der Waals surface area contributed by atoms with E-state index in [1.165, 1.54) is 11.4 Å². The third kappa shape index (κ3) is 3.83. The highest BCUT2D eigenvalue weighted by Crippen LogP contribution is 2.34. The minimum Gasteiger partial charge on any atom is -0.497 e. The molecule has 132 valence electrons. The van der Waals surface area contributed by atoms with Gasteiger partial charge in [-0.2, -0.15) is 4.31 Å². The van der Waals surface area contributed by atoms with Crippen LogP contribution in [0, 0.1) is 0 Å². The quantitative estimate of drug-likeness (QED) is 0.819. The second kappa shape index (κ2) is 6.85. The third-order valence-corrected chi connectivity index (χ3v) is 6.11. The van der Waals surface area contributed by atoms with Crippen molar-refractivity contribution in [3.63, 3.8) is 0 Å². The van der Waals surface area contributed by atoms with Crippen LogP contribution in [0.25, 0.3) is 0 Å². The number of sulfonamides is 1. The van der Waals surface area contributed by atoms with Crippen LogP contribution in [0.4, 0.5) is 0 Å². The number of hydrogen-bond acceptors (Lipinski definition) is 4. The molecule has 1 aliphatic carbocycles. The van der Waals surface area contributed by atoms with Gasteiger partial charge in [-0.05, 0) is 54.8 Å². The molecule has 1 fully saturated rings. The van der Waals surface area contributed by atoms with Crippen LogP contribution in [0.2, 0.25) is 0 Å². The number of carbonyl (C=O) groups is 1. The zero-order valence-corrected chi connectivity index (χ0v) is 14.7. The molecule has 1 saturated carbocycles. The molecule has 2 aromatic carbocycles. The lowest BCUT2D eigenvalue weighted by molar-refractivity contribution is 0.1000. The molecule has 7 heteroatoms. The molecule has 0 aliphatic heterocycles. The Balaban J connectivity index is 1.85. The molecule has 0 bridgehead atoms. The van der Waals surface area contributed by atoms with Crippen molar-refractivity contribution in [3.05, 3.63) is 59.7 Å². The molecule has 0 atom stereocenters. The van der Waals surface area contributed by atoms with Crippen molar-refractivity contribution >= 4 is 15.9 Å². The maximum Gasteiger partial charge on any atom is 0.248 e. The second-order valence-electron chi connectivity index (χ2n) is 6.02. The van der Waals surface area contributed by atoms with Crippen molar-refractivity contribution in [1.29, 1.82) is 0 Å². The molecule has 2 N–H and O–H groups in total. The fourth-order valence-corrected chi connectivity index (χ4v) is 4.28. The van der Waals surface area contributed by atoms with E-state index in [-0.39, 0.29) is 17.5 Å². The number of primary amides is 1. The summed E-state index contributed by atoms with van der Waals surface area (Å²) in [7, 11) is -2.06. The number of ether oxygens (including phenoxy) is 1. The highest BCUT2D eigenvalue weighted by atomic mass is 32.2. The molecule has 0 spiro atoms. The maximum absolute atomic E-state index is 13.0. The second-order valence-corrected chi connectivity index (χ2v) is 7.91. The number of amides is 1.